The summed E-state index contributed by atoms with van der Waals surface area (Å²) in [6.45, 7) is 0.140. The Morgan fingerprint density at radius 3 is 2.03 bits per heavy atom. The van der Waals surface area contributed by atoms with E-state index < -0.39 is 29.7 Å². The number of likely N-dealkylation sites (N-methyl/N-ethyl adjacent to an activating group) is 2. The number of nitrogens with one attached hydrogen (secondary N) is 1. The molecule has 1 atom stereocenters. The molecule has 0 aromatic heterocycles. The van der Waals surface area contributed by atoms with Crippen LogP contribution in [0.15, 0.2) is 48.5 Å². The predicted molar refractivity (Wildman–Crippen MR) is 124 cm³/mol. The Morgan fingerprint density at radius 2 is 1.55 bits per heavy atom. The molecule has 0 saturated heterocycles. The minimum absolute atomic E-state index is 0.279. The van der Waals surface area contributed by atoms with Gasteiger partial charge in [0.2, 0.25) is 0 Å². The quantitative estimate of drug-likeness (QED) is 0.348. The number of rotatable bonds is 9. The summed E-state index contributed by atoms with van der Waals surface area (Å²) in [6, 6.07) is 14.3. The molecule has 2 N–H and O–H groups in total. The van der Waals surface area contributed by atoms with Gasteiger partial charge in [-0.3, -0.25) is 18.8 Å². The van der Waals surface area contributed by atoms with Gasteiger partial charge in [-0.2, -0.15) is 0 Å². The first-order valence-electron chi connectivity index (χ1n) is 10.7. The van der Waals surface area contributed by atoms with Crippen LogP contribution in [0.25, 0.3) is 0 Å². The maximum Gasteiger partial charge on any atom is 0.254 e. The number of nitrogens with zero attached hydrogens (tertiary/aromatic N) is 1. The van der Waals surface area contributed by atoms with Crippen molar-refractivity contribution in [2.24, 2.45) is 0 Å². The highest BCUT2D eigenvalue weighted by Gasteiger charge is 2.46. The monoisotopic (exact) mass is 452 g/mol. The molecule has 6 nitrogen and oxygen atoms in total. The van der Waals surface area contributed by atoms with Crippen LogP contribution in [-0.2, 0) is 16.0 Å². The number of Topliss-reactive ketones (excluding diaryl/α,β-unsaturated/α-hetero) is 1. The van der Waals surface area contributed by atoms with Gasteiger partial charge < -0.3 is 15.3 Å². The van der Waals surface area contributed by atoms with Crippen molar-refractivity contribution in [2.75, 3.05) is 27.4 Å². The smallest absolute Gasteiger partial charge is 0.254 e. The molecular weight excluding hydrogens is 423 g/mol. The van der Waals surface area contributed by atoms with Crippen molar-refractivity contribution in [3.8, 4) is 11.8 Å². The highest BCUT2D eigenvalue weighted by atomic mass is 19.1. The molecule has 2 aromatic rings. The summed E-state index contributed by atoms with van der Waals surface area (Å²) in [6.07, 6.45) is 2.22. The van der Waals surface area contributed by atoms with Gasteiger partial charge >= 0.3 is 0 Å². The van der Waals surface area contributed by atoms with Gasteiger partial charge in [0.15, 0.2) is 11.3 Å². The van der Waals surface area contributed by atoms with E-state index in [1.807, 2.05) is 24.3 Å². The van der Waals surface area contributed by atoms with Gasteiger partial charge in [-0.05, 0) is 68.1 Å². The van der Waals surface area contributed by atoms with E-state index in [2.05, 4.69) is 17.2 Å². The molecule has 0 heterocycles. The van der Waals surface area contributed by atoms with Gasteiger partial charge in [0, 0.05) is 30.8 Å². The first-order chi connectivity index (χ1) is 15.8. The molecule has 0 aliphatic rings. The third-order valence-corrected chi connectivity index (χ3v) is 5.62. The van der Waals surface area contributed by atoms with E-state index in [1.54, 1.807) is 24.3 Å². The topological polar surface area (TPSA) is 86.7 Å². The number of benzene rings is 2. The number of aryl methyl sites for hydroxylation is 1. The van der Waals surface area contributed by atoms with Crippen molar-refractivity contribution in [3.05, 3.63) is 70.8 Å². The van der Waals surface area contributed by atoms with E-state index in [9.17, 15) is 23.9 Å². The first kappa shape index (κ1) is 25.8. The van der Waals surface area contributed by atoms with Gasteiger partial charge in [0.05, 0.1) is 6.67 Å². The minimum Gasteiger partial charge on any atom is -0.388 e. The Labute approximate surface area is 193 Å². The highest BCUT2D eigenvalue weighted by molar-refractivity contribution is 6.14. The number of ketones is 1. The van der Waals surface area contributed by atoms with E-state index in [0.717, 1.165) is 28.9 Å². The van der Waals surface area contributed by atoms with E-state index >= 15 is 0 Å². The van der Waals surface area contributed by atoms with Crippen molar-refractivity contribution < 1.29 is 23.9 Å². The molecule has 0 fully saturated rings. The number of hydrogen-bond donors (Lipinski definition) is 2. The van der Waals surface area contributed by atoms with Crippen LogP contribution in [0.5, 0.6) is 0 Å². The fraction of sp³-hybridized carbons (Fsp3) is 0.346. The maximum atomic E-state index is 12.9. The number of aliphatic hydroxyl groups is 1. The lowest BCUT2D eigenvalue weighted by atomic mass is 9.92. The fourth-order valence-corrected chi connectivity index (χ4v) is 3.28. The van der Waals surface area contributed by atoms with Crippen LogP contribution in [0, 0.1) is 11.8 Å². The molecule has 0 bridgehead atoms. The summed E-state index contributed by atoms with van der Waals surface area (Å²) in [4.78, 5) is 38.5. The Kier molecular flexibility index (Phi) is 9.31. The number of amides is 2. The number of unbranched alkanes of at least 4 members (excludes halogenated alkanes) is 1. The van der Waals surface area contributed by atoms with Crippen LogP contribution >= 0.6 is 0 Å². The Hall–Kier alpha value is -3.50. The van der Waals surface area contributed by atoms with Crippen molar-refractivity contribution in [2.45, 2.75) is 31.7 Å². The second-order valence-corrected chi connectivity index (χ2v) is 7.77. The number of aliphatic hydroxyl groups excluding tert-OH is 1. The van der Waals surface area contributed by atoms with Crippen LogP contribution < -0.4 is 5.32 Å². The van der Waals surface area contributed by atoms with E-state index in [4.69, 9.17) is 0 Å². The van der Waals surface area contributed by atoms with Crippen molar-refractivity contribution >= 4 is 17.6 Å². The molecule has 0 spiro atoms. The fourth-order valence-electron chi connectivity index (χ4n) is 3.28. The van der Waals surface area contributed by atoms with Gasteiger partial charge in [0.25, 0.3) is 11.8 Å². The van der Waals surface area contributed by atoms with Crippen LogP contribution in [-0.4, -0.2) is 60.5 Å². The van der Waals surface area contributed by atoms with Crippen molar-refractivity contribution in [1.29, 1.82) is 0 Å². The van der Waals surface area contributed by atoms with E-state index in [1.165, 1.54) is 21.0 Å². The molecule has 0 unspecified atom stereocenters. The number of carbonyl (C=O) groups excluding carboxylic acids is 3. The molecular formula is C26H29FN2O4. The van der Waals surface area contributed by atoms with E-state index in [0.29, 0.717) is 12.0 Å². The van der Waals surface area contributed by atoms with E-state index in [-0.39, 0.29) is 12.2 Å². The van der Waals surface area contributed by atoms with Crippen molar-refractivity contribution in [3.63, 3.8) is 0 Å². The number of alkyl halides is 1. The third-order valence-electron chi connectivity index (χ3n) is 5.62. The SMILES string of the molecule is CNC(=O)[C@@](C)(C(=O)CO)N(C)C(=O)c1ccc(C#Cc2ccc(CCCCF)cc2)cc1. The Bertz CT molecular complexity index is 1020. The first-order valence-corrected chi connectivity index (χ1v) is 10.7. The third kappa shape index (κ3) is 6.27. The van der Waals surface area contributed by atoms with Crippen LogP contribution in [0.3, 0.4) is 0 Å². The number of carbonyl (C=O) groups is 3. The summed E-state index contributed by atoms with van der Waals surface area (Å²) in [7, 11) is 2.71. The molecule has 33 heavy (non-hydrogen) atoms. The lowest BCUT2D eigenvalue weighted by Gasteiger charge is -2.35. The lowest BCUT2D eigenvalue weighted by Crippen LogP contribution is -2.62. The summed E-state index contributed by atoms with van der Waals surface area (Å²) in [5, 5.41) is 11.6. The molecule has 2 amide bonds. The normalized spacial score (nSPS) is 12.2. The molecule has 0 aliphatic carbocycles. The average Bonchev–Trinajstić information content (AvgIpc) is 2.86. The molecule has 2 aromatic carbocycles. The maximum absolute atomic E-state index is 12.9. The molecule has 2 rings (SSSR count). The van der Waals surface area contributed by atoms with Gasteiger partial charge in [0.1, 0.15) is 6.61 Å². The second-order valence-electron chi connectivity index (χ2n) is 7.77. The zero-order chi connectivity index (χ0) is 24.4. The zero-order valence-corrected chi connectivity index (χ0v) is 19.2. The lowest BCUT2D eigenvalue weighted by molar-refractivity contribution is -0.143. The van der Waals surface area contributed by atoms with Crippen LogP contribution in [0.2, 0.25) is 0 Å². The summed E-state index contributed by atoms with van der Waals surface area (Å²) in [5.74, 6) is 4.10. The largest absolute Gasteiger partial charge is 0.388 e. The van der Waals surface area contributed by atoms with Crippen LogP contribution in [0.4, 0.5) is 4.39 Å². The van der Waals surface area contributed by atoms with Gasteiger partial charge in [-0.25, -0.2) is 0 Å². The summed E-state index contributed by atoms with van der Waals surface area (Å²) < 4.78 is 12.2. The second kappa shape index (κ2) is 11.9. The van der Waals surface area contributed by atoms with Crippen molar-refractivity contribution in [1.82, 2.24) is 10.2 Å². The summed E-state index contributed by atoms with van der Waals surface area (Å²) >= 11 is 0. The zero-order valence-electron chi connectivity index (χ0n) is 19.2. The highest BCUT2D eigenvalue weighted by Crippen LogP contribution is 2.19. The molecule has 0 aliphatic heterocycles. The molecule has 0 radical (unpaired) electrons. The van der Waals surface area contributed by atoms with Crippen LogP contribution in [0.1, 0.15) is 46.8 Å². The molecule has 174 valence electrons. The number of hydrogen-bond acceptors (Lipinski definition) is 4. The Balaban J connectivity index is 2.13. The molecule has 7 heteroatoms. The number of halogens is 1. The predicted octanol–water partition coefficient (Wildman–Crippen LogP) is 2.52. The Morgan fingerprint density at radius 1 is 1.00 bits per heavy atom. The van der Waals surface area contributed by atoms with Gasteiger partial charge in [-0.15, -0.1) is 0 Å². The standard InChI is InChI=1S/C26H29FN2O4/c1-26(23(31)18-30,25(33)28-2)29(3)24(32)22-15-13-21(14-16-22)12-11-20-9-7-19(8-10-20)6-4-5-17-27/h7-10,13-16,30H,4-6,17-18H2,1-3H3,(H,28,33)/t26-/m1/s1. The summed E-state index contributed by atoms with van der Waals surface area (Å²) in [5.41, 5.74) is 1.12. The average molecular weight is 453 g/mol. The minimum atomic E-state index is -1.84. The van der Waals surface area contributed by atoms with Gasteiger partial charge in [-0.1, -0.05) is 24.0 Å². The molecule has 0 saturated carbocycles.